The van der Waals surface area contributed by atoms with E-state index in [1.807, 2.05) is 0 Å². The van der Waals surface area contributed by atoms with E-state index in [0.717, 1.165) is 5.82 Å². The Balaban J connectivity index is 2.47. The zero-order chi connectivity index (χ0) is 15.3. The van der Waals surface area contributed by atoms with Gasteiger partial charge in [0.25, 0.3) is 0 Å². The normalized spacial score (nSPS) is 11.4. The fourth-order valence-electron chi connectivity index (χ4n) is 2.73. The molecule has 0 spiro atoms. The Bertz CT molecular complexity index is 340. The van der Waals surface area contributed by atoms with Gasteiger partial charge in [-0.25, -0.2) is 9.37 Å². The van der Waals surface area contributed by atoms with Crippen molar-refractivity contribution in [2.24, 2.45) is 0 Å². The first-order valence-electron chi connectivity index (χ1n) is 8.77. The van der Waals surface area contributed by atoms with Gasteiger partial charge in [-0.1, -0.05) is 65.2 Å². The SMILES string of the molecule is CCCCCCC(CCCCCC)c1ncn(CCF)n1. The Morgan fingerprint density at radius 1 is 1.00 bits per heavy atom. The molecular formula is C17H32FN3. The van der Waals surface area contributed by atoms with Crippen LogP contribution < -0.4 is 0 Å². The second kappa shape index (κ2) is 11.7. The average Bonchev–Trinajstić information content (AvgIpc) is 2.94. The first-order chi connectivity index (χ1) is 10.3. The van der Waals surface area contributed by atoms with Crippen molar-refractivity contribution in [3.05, 3.63) is 12.2 Å². The quantitative estimate of drug-likeness (QED) is 0.464. The highest BCUT2D eigenvalue weighted by Crippen LogP contribution is 2.26. The molecule has 0 fully saturated rings. The maximum Gasteiger partial charge on any atom is 0.153 e. The standard InChI is InChI=1S/C17H32FN3/c1-3-5-7-9-11-16(12-10-8-6-4-2)17-19-15-21(20-17)14-13-18/h15-16H,3-14H2,1-2H3. The third kappa shape index (κ3) is 7.58. The average molecular weight is 297 g/mol. The predicted molar refractivity (Wildman–Crippen MR) is 86.3 cm³/mol. The first kappa shape index (κ1) is 18.1. The van der Waals surface area contributed by atoms with Gasteiger partial charge in [0.2, 0.25) is 0 Å². The summed E-state index contributed by atoms with van der Waals surface area (Å²) in [5.74, 6) is 1.39. The Hall–Kier alpha value is -0.930. The van der Waals surface area contributed by atoms with Crippen LogP contribution in [0.5, 0.6) is 0 Å². The molecule has 1 rings (SSSR count). The van der Waals surface area contributed by atoms with Crippen LogP contribution in [0, 0.1) is 0 Å². The molecule has 1 aromatic rings. The van der Waals surface area contributed by atoms with E-state index in [2.05, 4.69) is 23.9 Å². The van der Waals surface area contributed by atoms with E-state index < -0.39 is 0 Å². The molecule has 1 heterocycles. The van der Waals surface area contributed by atoms with Gasteiger partial charge in [-0.2, -0.15) is 5.10 Å². The number of nitrogens with zero attached hydrogens (tertiary/aromatic N) is 3. The minimum atomic E-state index is -0.375. The molecule has 1 aromatic heterocycles. The second-order valence-corrected chi connectivity index (χ2v) is 5.95. The van der Waals surface area contributed by atoms with Gasteiger partial charge < -0.3 is 0 Å². The predicted octanol–water partition coefficient (Wildman–Crippen LogP) is 5.27. The lowest BCUT2D eigenvalue weighted by atomic mass is 9.94. The van der Waals surface area contributed by atoms with E-state index >= 15 is 0 Å². The van der Waals surface area contributed by atoms with Crippen LogP contribution in [0.1, 0.15) is 89.8 Å². The summed E-state index contributed by atoms with van der Waals surface area (Å²) in [7, 11) is 0. The molecule has 0 saturated carbocycles. The first-order valence-corrected chi connectivity index (χ1v) is 8.77. The Labute approximate surface area is 129 Å². The number of alkyl halides is 1. The molecule has 0 bridgehead atoms. The van der Waals surface area contributed by atoms with Gasteiger partial charge in [-0.15, -0.1) is 0 Å². The van der Waals surface area contributed by atoms with Gasteiger partial charge in [-0.3, -0.25) is 4.68 Å². The summed E-state index contributed by atoms with van der Waals surface area (Å²) in [5, 5.41) is 4.46. The Morgan fingerprint density at radius 3 is 2.14 bits per heavy atom. The van der Waals surface area contributed by atoms with Gasteiger partial charge >= 0.3 is 0 Å². The fraction of sp³-hybridized carbons (Fsp3) is 0.882. The minimum Gasteiger partial charge on any atom is -0.250 e. The highest BCUT2D eigenvalue weighted by molar-refractivity contribution is 4.93. The summed E-state index contributed by atoms with van der Waals surface area (Å²) in [6.07, 6.45) is 14.3. The van der Waals surface area contributed by atoms with Gasteiger partial charge in [0.05, 0.1) is 6.54 Å². The van der Waals surface area contributed by atoms with Crippen LogP contribution in [0.2, 0.25) is 0 Å². The van der Waals surface area contributed by atoms with Crippen LogP contribution in [0.3, 0.4) is 0 Å². The van der Waals surface area contributed by atoms with E-state index in [1.165, 1.54) is 64.2 Å². The Kier molecular flexibility index (Phi) is 10.1. The number of aromatic nitrogens is 3. The van der Waals surface area contributed by atoms with Crippen LogP contribution in [-0.2, 0) is 6.54 Å². The molecule has 0 amide bonds. The molecule has 122 valence electrons. The highest BCUT2D eigenvalue weighted by Gasteiger charge is 2.15. The van der Waals surface area contributed by atoms with E-state index in [4.69, 9.17) is 0 Å². The summed E-state index contributed by atoms with van der Waals surface area (Å²) < 4.78 is 14.0. The maximum atomic E-state index is 12.4. The highest BCUT2D eigenvalue weighted by atomic mass is 19.1. The van der Waals surface area contributed by atoms with Crippen LogP contribution >= 0.6 is 0 Å². The molecule has 4 heteroatoms. The zero-order valence-corrected chi connectivity index (χ0v) is 13.9. The van der Waals surface area contributed by atoms with Crippen molar-refractivity contribution >= 4 is 0 Å². The number of halogens is 1. The zero-order valence-electron chi connectivity index (χ0n) is 13.9. The van der Waals surface area contributed by atoms with Crippen molar-refractivity contribution in [3.63, 3.8) is 0 Å². The monoisotopic (exact) mass is 297 g/mol. The van der Waals surface area contributed by atoms with E-state index in [0.29, 0.717) is 12.5 Å². The summed E-state index contributed by atoms with van der Waals surface area (Å²) in [6, 6.07) is 0. The third-order valence-electron chi connectivity index (χ3n) is 4.05. The summed E-state index contributed by atoms with van der Waals surface area (Å²) >= 11 is 0. The third-order valence-corrected chi connectivity index (χ3v) is 4.05. The number of hydrogen-bond acceptors (Lipinski definition) is 2. The number of hydrogen-bond donors (Lipinski definition) is 0. The molecule has 0 aliphatic heterocycles. The van der Waals surface area contributed by atoms with E-state index in [1.54, 1.807) is 11.0 Å². The number of unbranched alkanes of at least 4 members (excludes halogenated alkanes) is 6. The largest absolute Gasteiger partial charge is 0.250 e. The molecule has 0 radical (unpaired) electrons. The van der Waals surface area contributed by atoms with Crippen molar-refractivity contribution in [1.82, 2.24) is 14.8 Å². The molecule has 21 heavy (non-hydrogen) atoms. The van der Waals surface area contributed by atoms with Gasteiger partial charge in [0.15, 0.2) is 5.82 Å². The number of aryl methyl sites for hydroxylation is 1. The smallest absolute Gasteiger partial charge is 0.153 e. The van der Waals surface area contributed by atoms with Gasteiger partial charge in [0, 0.05) is 5.92 Å². The lowest BCUT2D eigenvalue weighted by molar-refractivity contribution is 0.420. The van der Waals surface area contributed by atoms with E-state index in [9.17, 15) is 4.39 Å². The van der Waals surface area contributed by atoms with Crippen LogP contribution in [0.15, 0.2) is 6.33 Å². The van der Waals surface area contributed by atoms with E-state index in [-0.39, 0.29) is 6.67 Å². The summed E-state index contributed by atoms with van der Waals surface area (Å²) in [4.78, 5) is 4.42. The van der Waals surface area contributed by atoms with Crippen LogP contribution in [-0.4, -0.2) is 21.4 Å². The molecular weight excluding hydrogens is 265 g/mol. The van der Waals surface area contributed by atoms with Crippen molar-refractivity contribution < 1.29 is 4.39 Å². The second-order valence-electron chi connectivity index (χ2n) is 5.95. The summed E-state index contributed by atoms with van der Waals surface area (Å²) in [5.41, 5.74) is 0. The molecule has 0 atom stereocenters. The molecule has 0 aliphatic carbocycles. The summed E-state index contributed by atoms with van der Waals surface area (Å²) in [6.45, 7) is 4.43. The topological polar surface area (TPSA) is 30.7 Å². The van der Waals surface area contributed by atoms with Crippen molar-refractivity contribution in [2.45, 2.75) is 90.5 Å². The lowest BCUT2D eigenvalue weighted by Gasteiger charge is -2.13. The van der Waals surface area contributed by atoms with Crippen molar-refractivity contribution in [3.8, 4) is 0 Å². The number of rotatable bonds is 13. The fourth-order valence-corrected chi connectivity index (χ4v) is 2.73. The maximum absolute atomic E-state index is 12.4. The molecule has 0 aliphatic rings. The molecule has 0 aromatic carbocycles. The molecule has 0 unspecified atom stereocenters. The lowest BCUT2D eigenvalue weighted by Crippen LogP contribution is -2.05. The van der Waals surface area contributed by atoms with Crippen LogP contribution in [0.25, 0.3) is 0 Å². The Morgan fingerprint density at radius 2 is 1.62 bits per heavy atom. The minimum absolute atomic E-state index is 0.325. The van der Waals surface area contributed by atoms with Gasteiger partial charge in [0.1, 0.15) is 13.0 Å². The molecule has 3 nitrogen and oxygen atoms in total. The van der Waals surface area contributed by atoms with Crippen molar-refractivity contribution in [1.29, 1.82) is 0 Å². The van der Waals surface area contributed by atoms with Crippen molar-refractivity contribution in [2.75, 3.05) is 6.67 Å². The molecule has 0 saturated heterocycles. The van der Waals surface area contributed by atoms with Gasteiger partial charge in [-0.05, 0) is 12.8 Å². The molecule has 0 N–H and O–H groups in total. The van der Waals surface area contributed by atoms with Crippen LogP contribution in [0.4, 0.5) is 4.39 Å².